The van der Waals surface area contributed by atoms with Gasteiger partial charge in [0.25, 0.3) is 0 Å². The van der Waals surface area contributed by atoms with Gasteiger partial charge in [0.15, 0.2) is 0 Å². The molecule has 0 aromatic carbocycles. The predicted molar refractivity (Wildman–Crippen MR) is 41.7 cm³/mol. The van der Waals surface area contributed by atoms with Crippen LogP contribution >= 0.6 is 15.9 Å². The van der Waals surface area contributed by atoms with Crippen LogP contribution in [-0.2, 0) is 0 Å². The average molecular weight is 189 g/mol. The summed E-state index contributed by atoms with van der Waals surface area (Å²) in [6, 6.07) is 3.94. The fourth-order valence-corrected chi connectivity index (χ4v) is 0.684. The summed E-state index contributed by atoms with van der Waals surface area (Å²) in [4.78, 5) is 4.00. The van der Waals surface area contributed by atoms with E-state index >= 15 is 0 Å². The largest absolute Gasteiger partial charge is 0.344 e. The third kappa shape index (κ3) is 2.58. The standard InChI is InChI=1S/C6H6BrN.H3N/c1-5-2-3-6(7)8-4-5;/h2-4H,1H3;1H3. The molecule has 3 N–H and O–H groups in total. The van der Waals surface area contributed by atoms with Crippen molar-refractivity contribution in [3.8, 4) is 0 Å². The van der Waals surface area contributed by atoms with Crippen LogP contribution in [-0.4, -0.2) is 4.98 Å². The first kappa shape index (κ1) is 8.59. The zero-order valence-corrected chi connectivity index (χ0v) is 6.85. The predicted octanol–water partition coefficient (Wildman–Crippen LogP) is 2.31. The highest BCUT2D eigenvalue weighted by atomic mass is 79.9. The third-order valence-electron chi connectivity index (χ3n) is 0.875. The lowest BCUT2D eigenvalue weighted by Gasteiger charge is -1.87. The third-order valence-corrected chi connectivity index (χ3v) is 1.34. The molecule has 0 saturated heterocycles. The van der Waals surface area contributed by atoms with Crippen molar-refractivity contribution in [2.75, 3.05) is 0 Å². The molecule has 0 radical (unpaired) electrons. The molecule has 0 atom stereocenters. The number of aryl methyl sites for hydroxylation is 1. The Kier molecular flexibility index (Phi) is 3.42. The molecule has 0 saturated carbocycles. The number of nitrogens with zero attached hydrogens (tertiary/aromatic N) is 1. The first-order valence-corrected chi connectivity index (χ1v) is 3.16. The fraction of sp³-hybridized carbons (Fsp3) is 0.167. The van der Waals surface area contributed by atoms with Crippen molar-refractivity contribution in [1.29, 1.82) is 0 Å². The number of halogens is 1. The second-order valence-corrected chi connectivity index (χ2v) is 2.47. The topological polar surface area (TPSA) is 47.9 Å². The van der Waals surface area contributed by atoms with Crippen LogP contribution in [0.1, 0.15) is 5.56 Å². The minimum atomic E-state index is 0. The Balaban J connectivity index is 0.000000640. The normalized spacial score (nSPS) is 8.22. The SMILES string of the molecule is Cc1ccc(Br)nc1.N. The molecule has 1 heterocycles. The van der Waals surface area contributed by atoms with E-state index in [1.54, 1.807) is 0 Å². The van der Waals surface area contributed by atoms with Gasteiger partial charge in [-0.1, -0.05) is 6.07 Å². The number of pyridine rings is 1. The number of rotatable bonds is 0. The lowest BCUT2D eigenvalue weighted by Crippen LogP contribution is -1.74. The van der Waals surface area contributed by atoms with Crippen LogP contribution in [0.5, 0.6) is 0 Å². The second kappa shape index (κ2) is 3.58. The lowest BCUT2D eigenvalue weighted by atomic mass is 10.3. The van der Waals surface area contributed by atoms with Crippen molar-refractivity contribution in [2.45, 2.75) is 6.92 Å². The first-order chi connectivity index (χ1) is 3.79. The smallest absolute Gasteiger partial charge is 0.106 e. The Hall–Kier alpha value is -0.410. The van der Waals surface area contributed by atoms with Gasteiger partial charge in [0.05, 0.1) is 0 Å². The number of hydrogen-bond acceptors (Lipinski definition) is 2. The van der Waals surface area contributed by atoms with E-state index in [0.717, 1.165) is 4.60 Å². The maximum absolute atomic E-state index is 4.00. The van der Waals surface area contributed by atoms with Crippen LogP contribution in [0.2, 0.25) is 0 Å². The van der Waals surface area contributed by atoms with E-state index < -0.39 is 0 Å². The highest BCUT2D eigenvalue weighted by molar-refractivity contribution is 9.10. The molecule has 0 fully saturated rings. The van der Waals surface area contributed by atoms with Crippen LogP contribution in [0, 0.1) is 6.92 Å². The van der Waals surface area contributed by atoms with Crippen LogP contribution in [0.25, 0.3) is 0 Å². The van der Waals surface area contributed by atoms with Crippen LogP contribution in [0.15, 0.2) is 22.9 Å². The molecule has 0 aliphatic carbocycles. The molecular weight excluding hydrogens is 180 g/mol. The number of aromatic nitrogens is 1. The molecule has 1 aromatic heterocycles. The van der Waals surface area contributed by atoms with Gasteiger partial charge in [-0.25, -0.2) is 4.98 Å². The average Bonchev–Trinajstić information content (AvgIpc) is 1.77. The minimum Gasteiger partial charge on any atom is -0.344 e. The maximum Gasteiger partial charge on any atom is 0.106 e. The van der Waals surface area contributed by atoms with E-state index in [0.29, 0.717) is 0 Å². The Labute approximate surface area is 63.0 Å². The molecule has 2 nitrogen and oxygen atoms in total. The van der Waals surface area contributed by atoms with Crippen LogP contribution in [0.3, 0.4) is 0 Å². The van der Waals surface area contributed by atoms with Gasteiger partial charge in [-0.05, 0) is 34.5 Å². The van der Waals surface area contributed by atoms with E-state index in [1.165, 1.54) is 5.56 Å². The fourth-order valence-electron chi connectivity index (χ4n) is 0.450. The van der Waals surface area contributed by atoms with E-state index in [-0.39, 0.29) is 6.15 Å². The summed E-state index contributed by atoms with van der Waals surface area (Å²) in [5.74, 6) is 0. The van der Waals surface area contributed by atoms with Gasteiger partial charge < -0.3 is 6.15 Å². The summed E-state index contributed by atoms with van der Waals surface area (Å²) in [5.41, 5.74) is 1.19. The maximum atomic E-state index is 4.00. The van der Waals surface area contributed by atoms with Crippen molar-refractivity contribution in [3.05, 3.63) is 28.5 Å². The van der Waals surface area contributed by atoms with E-state index in [1.807, 2.05) is 25.3 Å². The molecule has 0 unspecified atom stereocenters. The Morgan fingerprint density at radius 1 is 1.44 bits per heavy atom. The summed E-state index contributed by atoms with van der Waals surface area (Å²) in [7, 11) is 0. The van der Waals surface area contributed by atoms with Crippen molar-refractivity contribution >= 4 is 15.9 Å². The zero-order valence-electron chi connectivity index (χ0n) is 5.26. The van der Waals surface area contributed by atoms with E-state index in [4.69, 9.17) is 0 Å². The summed E-state index contributed by atoms with van der Waals surface area (Å²) in [5, 5.41) is 0. The molecule has 0 aliphatic heterocycles. The molecular formula is C6H9BrN2. The minimum absolute atomic E-state index is 0. The zero-order chi connectivity index (χ0) is 5.98. The molecule has 9 heavy (non-hydrogen) atoms. The Morgan fingerprint density at radius 3 is 2.44 bits per heavy atom. The Bertz CT molecular complexity index is 150. The van der Waals surface area contributed by atoms with E-state index in [2.05, 4.69) is 20.9 Å². The quantitative estimate of drug-likeness (QED) is 0.636. The first-order valence-electron chi connectivity index (χ1n) is 2.37. The van der Waals surface area contributed by atoms with Crippen molar-refractivity contribution < 1.29 is 0 Å². The van der Waals surface area contributed by atoms with Gasteiger partial charge in [0, 0.05) is 6.20 Å². The summed E-state index contributed by atoms with van der Waals surface area (Å²) in [6.45, 7) is 2.01. The van der Waals surface area contributed by atoms with E-state index in [9.17, 15) is 0 Å². The highest BCUT2D eigenvalue weighted by Crippen LogP contribution is 2.04. The molecule has 0 bridgehead atoms. The molecule has 0 amide bonds. The molecule has 1 aromatic rings. The highest BCUT2D eigenvalue weighted by Gasteiger charge is 1.82. The van der Waals surface area contributed by atoms with Gasteiger partial charge in [0.2, 0.25) is 0 Å². The van der Waals surface area contributed by atoms with Gasteiger partial charge in [0.1, 0.15) is 4.60 Å². The summed E-state index contributed by atoms with van der Waals surface area (Å²) in [6.07, 6.45) is 1.82. The van der Waals surface area contributed by atoms with Gasteiger partial charge in [-0.2, -0.15) is 0 Å². The van der Waals surface area contributed by atoms with Crippen molar-refractivity contribution in [3.63, 3.8) is 0 Å². The molecule has 3 heteroatoms. The molecule has 50 valence electrons. The number of hydrogen-bond donors (Lipinski definition) is 1. The summed E-state index contributed by atoms with van der Waals surface area (Å²) < 4.78 is 0.892. The second-order valence-electron chi connectivity index (χ2n) is 1.66. The van der Waals surface area contributed by atoms with Crippen LogP contribution in [0.4, 0.5) is 0 Å². The molecule has 1 rings (SSSR count). The molecule has 0 spiro atoms. The summed E-state index contributed by atoms with van der Waals surface area (Å²) >= 11 is 3.23. The Morgan fingerprint density at radius 2 is 2.11 bits per heavy atom. The molecule has 0 aliphatic rings. The van der Waals surface area contributed by atoms with Crippen LogP contribution < -0.4 is 6.15 Å². The lowest BCUT2D eigenvalue weighted by molar-refractivity contribution is 1.23. The monoisotopic (exact) mass is 188 g/mol. The van der Waals surface area contributed by atoms with Gasteiger partial charge in [-0.15, -0.1) is 0 Å². The van der Waals surface area contributed by atoms with Crippen molar-refractivity contribution in [1.82, 2.24) is 11.1 Å². The van der Waals surface area contributed by atoms with Crippen molar-refractivity contribution in [2.24, 2.45) is 0 Å². The van der Waals surface area contributed by atoms with Gasteiger partial charge >= 0.3 is 0 Å². The van der Waals surface area contributed by atoms with Gasteiger partial charge in [-0.3, -0.25) is 0 Å².